The predicted octanol–water partition coefficient (Wildman–Crippen LogP) is 4.14. The van der Waals surface area contributed by atoms with Gasteiger partial charge in [-0.25, -0.2) is 4.57 Å². The SMILES string of the molecule is CCCOc1ccc(C(=O)n2c(=S)[nH]c3ccc(I)cc3c2=O)cc1. The van der Waals surface area contributed by atoms with Gasteiger partial charge in [0.25, 0.3) is 11.5 Å². The summed E-state index contributed by atoms with van der Waals surface area (Å²) in [5.41, 5.74) is 0.562. The molecule has 0 saturated heterocycles. The number of benzene rings is 2. The van der Waals surface area contributed by atoms with E-state index in [4.69, 9.17) is 17.0 Å². The minimum atomic E-state index is -0.464. The van der Waals surface area contributed by atoms with Gasteiger partial charge < -0.3 is 9.72 Å². The van der Waals surface area contributed by atoms with Crippen LogP contribution in [0.1, 0.15) is 23.7 Å². The van der Waals surface area contributed by atoms with E-state index in [0.717, 1.165) is 14.6 Å². The van der Waals surface area contributed by atoms with Crippen molar-refractivity contribution in [3.8, 4) is 5.75 Å². The molecule has 0 spiro atoms. The van der Waals surface area contributed by atoms with E-state index >= 15 is 0 Å². The molecule has 7 heteroatoms. The first kappa shape index (κ1) is 17.8. The summed E-state index contributed by atoms with van der Waals surface area (Å²) in [5.74, 6) is 0.220. The van der Waals surface area contributed by atoms with Gasteiger partial charge in [-0.15, -0.1) is 0 Å². The van der Waals surface area contributed by atoms with E-state index < -0.39 is 11.5 Å². The molecule has 0 unspecified atom stereocenters. The average Bonchev–Trinajstić information content (AvgIpc) is 2.61. The molecule has 3 aromatic rings. The highest BCUT2D eigenvalue weighted by atomic mass is 127. The molecule has 0 aliphatic heterocycles. The number of aromatic amines is 1. The van der Waals surface area contributed by atoms with Crippen molar-refractivity contribution >= 4 is 51.6 Å². The van der Waals surface area contributed by atoms with Crippen molar-refractivity contribution in [3.63, 3.8) is 0 Å². The van der Waals surface area contributed by atoms with Crippen molar-refractivity contribution in [2.75, 3.05) is 6.61 Å². The number of nitrogens with one attached hydrogen (secondary N) is 1. The molecule has 0 bridgehead atoms. The van der Waals surface area contributed by atoms with E-state index in [0.29, 0.717) is 28.8 Å². The molecular formula is C18H15IN2O3S. The highest BCUT2D eigenvalue weighted by Crippen LogP contribution is 2.15. The molecule has 1 aromatic heterocycles. The molecule has 3 rings (SSSR count). The molecule has 2 aromatic carbocycles. The molecule has 0 saturated carbocycles. The maximum absolute atomic E-state index is 12.8. The second-order valence-corrected chi connectivity index (χ2v) is 7.07. The Bertz CT molecular complexity index is 1050. The molecule has 0 aliphatic carbocycles. The van der Waals surface area contributed by atoms with Crippen molar-refractivity contribution in [2.24, 2.45) is 0 Å². The molecule has 0 aliphatic rings. The first-order valence-corrected chi connectivity index (χ1v) is 9.22. The summed E-state index contributed by atoms with van der Waals surface area (Å²) in [7, 11) is 0. The zero-order chi connectivity index (χ0) is 18.0. The number of halogens is 1. The molecule has 128 valence electrons. The highest BCUT2D eigenvalue weighted by Gasteiger charge is 2.15. The number of hydrogen-bond donors (Lipinski definition) is 1. The molecule has 0 fully saturated rings. The lowest BCUT2D eigenvalue weighted by Crippen LogP contribution is -2.29. The van der Waals surface area contributed by atoms with Gasteiger partial charge in [-0.2, -0.15) is 0 Å². The van der Waals surface area contributed by atoms with Crippen LogP contribution >= 0.6 is 34.8 Å². The van der Waals surface area contributed by atoms with Crippen molar-refractivity contribution in [2.45, 2.75) is 13.3 Å². The van der Waals surface area contributed by atoms with Crippen LogP contribution in [0.15, 0.2) is 47.3 Å². The summed E-state index contributed by atoms with van der Waals surface area (Å²) in [6, 6.07) is 12.1. The Balaban J connectivity index is 2.05. The van der Waals surface area contributed by atoms with Crippen LogP contribution in [0.2, 0.25) is 0 Å². The van der Waals surface area contributed by atoms with Gasteiger partial charge >= 0.3 is 0 Å². The fraction of sp³-hybridized carbons (Fsp3) is 0.167. The number of aromatic nitrogens is 2. The quantitative estimate of drug-likeness (QED) is 0.464. The Hall–Kier alpha value is -2.00. The van der Waals surface area contributed by atoms with Crippen LogP contribution in [0.5, 0.6) is 5.75 Å². The van der Waals surface area contributed by atoms with Crippen LogP contribution < -0.4 is 10.3 Å². The summed E-state index contributed by atoms with van der Waals surface area (Å²) in [5, 5.41) is 0.428. The zero-order valence-electron chi connectivity index (χ0n) is 13.4. The first-order chi connectivity index (χ1) is 12.0. The van der Waals surface area contributed by atoms with Crippen LogP contribution in [0.3, 0.4) is 0 Å². The van der Waals surface area contributed by atoms with Gasteiger partial charge in [0.15, 0.2) is 4.77 Å². The van der Waals surface area contributed by atoms with Gasteiger partial charge in [-0.3, -0.25) is 9.59 Å². The molecular weight excluding hydrogens is 451 g/mol. The van der Waals surface area contributed by atoms with E-state index in [-0.39, 0.29) is 4.77 Å². The molecule has 1 heterocycles. The second-order valence-electron chi connectivity index (χ2n) is 5.44. The van der Waals surface area contributed by atoms with Gasteiger partial charge in [0, 0.05) is 9.13 Å². The van der Waals surface area contributed by atoms with Crippen molar-refractivity contribution < 1.29 is 9.53 Å². The van der Waals surface area contributed by atoms with Gasteiger partial charge in [-0.1, -0.05) is 6.92 Å². The number of hydrogen-bond acceptors (Lipinski definition) is 4. The molecule has 1 N–H and O–H groups in total. The standard InChI is InChI=1S/C18H15IN2O3S/c1-2-9-24-13-6-3-11(4-7-13)16(22)21-17(23)14-10-12(19)5-8-15(14)20-18(21)25/h3-8,10H,2,9H2,1H3,(H,20,25). The van der Waals surface area contributed by atoms with Gasteiger partial charge in [-0.05, 0) is 83.7 Å². The Morgan fingerprint density at radius 3 is 2.64 bits per heavy atom. The lowest BCUT2D eigenvalue weighted by Gasteiger charge is -2.08. The van der Waals surface area contributed by atoms with Crippen molar-refractivity contribution in [1.82, 2.24) is 9.55 Å². The average molecular weight is 466 g/mol. The van der Waals surface area contributed by atoms with Crippen LogP contribution in [0.25, 0.3) is 10.9 Å². The number of H-pyrrole nitrogens is 1. The van der Waals surface area contributed by atoms with Crippen molar-refractivity contribution in [1.29, 1.82) is 0 Å². The Labute approximate surface area is 162 Å². The molecule has 5 nitrogen and oxygen atoms in total. The Kier molecular flexibility index (Phi) is 5.33. The molecule has 25 heavy (non-hydrogen) atoms. The highest BCUT2D eigenvalue weighted by molar-refractivity contribution is 14.1. The lowest BCUT2D eigenvalue weighted by atomic mass is 10.2. The number of ether oxygens (including phenoxy) is 1. The fourth-order valence-corrected chi connectivity index (χ4v) is 3.18. The molecule has 0 amide bonds. The number of rotatable bonds is 4. The summed E-state index contributed by atoms with van der Waals surface area (Å²) in [4.78, 5) is 28.5. The Morgan fingerprint density at radius 2 is 1.96 bits per heavy atom. The third-order valence-corrected chi connectivity index (χ3v) is 4.59. The van der Waals surface area contributed by atoms with E-state index in [1.165, 1.54) is 0 Å². The first-order valence-electron chi connectivity index (χ1n) is 7.73. The Morgan fingerprint density at radius 1 is 1.24 bits per heavy atom. The number of carbonyl (C=O) groups excluding carboxylic acids is 1. The van der Waals surface area contributed by atoms with Crippen molar-refractivity contribution in [3.05, 3.63) is 66.7 Å². The van der Waals surface area contributed by atoms with E-state index in [1.54, 1.807) is 36.4 Å². The van der Waals surface area contributed by atoms with Gasteiger partial charge in [0.2, 0.25) is 0 Å². The maximum atomic E-state index is 12.8. The monoisotopic (exact) mass is 466 g/mol. The molecule has 0 radical (unpaired) electrons. The number of fused-ring (bicyclic) bond motifs is 1. The second kappa shape index (κ2) is 7.49. The van der Waals surface area contributed by atoms with Crippen LogP contribution in [0.4, 0.5) is 0 Å². The van der Waals surface area contributed by atoms with E-state index in [2.05, 4.69) is 27.6 Å². The summed E-state index contributed by atoms with van der Waals surface area (Å²) in [6.07, 6.45) is 0.904. The largest absolute Gasteiger partial charge is 0.494 e. The fourth-order valence-electron chi connectivity index (χ4n) is 2.41. The summed E-state index contributed by atoms with van der Waals surface area (Å²) in [6.45, 7) is 2.63. The molecule has 0 atom stereocenters. The van der Waals surface area contributed by atoms with Crippen LogP contribution in [0, 0.1) is 8.34 Å². The van der Waals surface area contributed by atoms with E-state index in [9.17, 15) is 9.59 Å². The van der Waals surface area contributed by atoms with Gasteiger partial charge in [0.1, 0.15) is 5.75 Å². The minimum Gasteiger partial charge on any atom is -0.494 e. The minimum absolute atomic E-state index is 0.0787. The predicted molar refractivity (Wildman–Crippen MR) is 108 cm³/mol. The lowest BCUT2D eigenvalue weighted by molar-refractivity contribution is 0.0953. The third-order valence-electron chi connectivity index (χ3n) is 3.64. The number of nitrogens with zero attached hydrogens (tertiary/aromatic N) is 1. The van der Waals surface area contributed by atoms with E-state index in [1.807, 2.05) is 13.0 Å². The zero-order valence-corrected chi connectivity index (χ0v) is 16.4. The smallest absolute Gasteiger partial charge is 0.269 e. The normalized spacial score (nSPS) is 10.8. The topological polar surface area (TPSA) is 64.1 Å². The maximum Gasteiger partial charge on any atom is 0.269 e. The van der Waals surface area contributed by atoms with Crippen LogP contribution in [-0.4, -0.2) is 22.1 Å². The summed E-state index contributed by atoms with van der Waals surface area (Å²) >= 11 is 7.34. The van der Waals surface area contributed by atoms with Crippen LogP contribution in [-0.2, 0) is 0 Å². The third kappa shape index (κ3) is 3.67. The number of carbonyl (C=O) groups is 1. The van der Waals surface area contributed by atoms with Gasteiger partial charge in [0.05, 0.1) is 17.5 Å². The summed E-state index contributed by atoms with van der Waals surface area (Å²) < 4.78 is 7.49.